The minimum Gasteiger partial charge on any atom is -0.390 e. The largest absolute Gasteiger partial charge is 0.390 e. The lowest BCUT2D eigenvalue weighted by atomic mass is 9.81. The van der Waals surface area contributed by atoms with Crippen molar-refractivity contribution >= 4 is 5.69 Å². The molecule has 1 saturated heterocycles. The van der Waals surface area contributed by atoms with Gasteiger partial charge in [0.25, 0.3) is 0 Å². The molecule has 1 aliphatic heterocycles. The van der Waals surface area contributed by atoms with Crippen molar-refractivity contribution in [1.29, 1.82) is 0 Å². The highest BCUT2D eigenvalue weighted by Crippen LogP contribution is 2.32. The van der Waals surface area contributed by atoms with Crippen molar-refractivity contribution in [2.45, 2.75) is 31.9 Å². The summed E-state index contributed by atoms with van der Waals surface area (Å²) in [6.45, 7) is 4.96. The number of aromatic nitrogens is 2. The molecule has 3 unspecified atom stereocenters. The van der Waals surface area contributed by atoms with Crippen LogP contribution in [0.4, 0.5) is 5.69 Å². The van der Waals surface area contributed by atoms with Gasteiger partial charge < -0.3 is 10.0 Å². The number of nitro groups is 1. The van der Waals surface area contributed by atoms with Crippen molar-refractivity contribution in [1.82, 2.24) is 14.7 Å². The fraction of sp³-hybridized carbons (Fsp3) is 0.500. The third-order valence-corrected chi connectivity index (χ3v) is 4.91. The molecule has 0 aliphatic carbocycles. The van der Waals surface area contributed by atoms with Crippen LogP contribution < -0.4 is 0 Å². The first-order valence-electron chi connectivity index (χ1n) is 8.65. The number of piperidine rings is 1. The van der Waals surface area contributed by atoms with Crippen molar-refractivity contribution in [3.05, 3.63) is 58.4 Å². The van der Waals surface area contributed by atoms with Gasteiger partial charge in [-0.15, -0.1) is 0 Å². The molecule has 0 radical (unpaired) electrons. The van der Waals surface area contributed by atoms with Gasteiger partial charge in [0.1, 0.15) is 12.4 Å². The van der Waals surface area contributed by atoms with Gasteiger partial charge >= 0.3 is 5.69 Å². The molecule has 0 saturated carbocycles. The van der Waals surface area contributed by atoms with Crippen molar-refractivity contribution < 1.29 is 10.0 Å². The Morgan fingerprint density at radius 2 is 2.12 bits per heavy atom. The summed E-state index contributed by atoms with van der Waals surface area (Å²) in [6, 6.07) is 10.6. The first-order valence-corrected chi connectivity index (χ1v) is 8.65. The maximum absolute atomic E-state index is 10.7. The highest BCUT2D eigenvalue weighted by atomic mass is 16.6. The third-order valence-electron chi connectivity index (χ3n) is 4.91. The molecular formula is C18H24N4O3. The zero-order chi connectivity index (χ0) is 17.8. The van der Waals surface area contributed by atoms with Gasteiger partial charge in [-0.25, -0.2) is 0 Å². The van der Waals surface area contributed by atoms with E-state index < -0.39 is 11.0 Å². The summed E-state index contributed by atoms with van der Waals surface area (Å²) in [5.41, 5.74) is 1.34. The van der Waals surface area contributed by atoms with Gasteiger partial charge in [0, 0.05) is 13.1 Å². The van der Waals surface area contributed by atoms with E-state index in [4.69, 9.17) is 0 Å². The number of hydrogen-bond acceptors (Lipinski definition) is 5. The summed E-state index contributed by atoms with van der Waals surface area (Å²) in [6.07, 6.45) is 3.04. The van der Waals surface area contributed by atoms with Gasteiger partial charge in [-0.2, -0.15) is 5.10 Å². The second-order valence-electron chi connectivity index (χ2n) is 6.87. The van der Waals surface area contributed by atoms with Crippen LogP contribution in [0.3, 0.4) is 0 Å². The van der Waals surface area contributed by atoms with Crippen LogP contribution in [0.5, 0.6) is 0 Å². The van der Waals surface area contributed by atoms with E-state index in [2.05, 4.69) is 41.2 Å². The highest BCUT2D eigenvalue weighted by molar-refractivity contribution is 5.21. The number of benzene rings is 1. The normalized spacial score (nSPS) is 22.6. The van der Waals surface area contributed by atoms with E-state index in [0.29, 0.717) is 18.4 Å². The number of nitrogens with zero attached hydrogens (tertiary/aromatic N) is 4. The topological polar surface area (TPSA) is 84.4 Å². The van der Waals surface area contributed by atoms with Gasteiger partial charge in [-0.3, -0.25) is 14.8 Å². The molecule has 1 aromatic heterocycles. The minimum atomic E-state index is -0.597. The number of aliphatic hydroxyl groups is 1. The molecule has 0 spiro atoms. The van der Waals surface area contributed by atoms with E-state index in [-0.39, 0.29) is 12.2 Å². The van der Waals surface area contributed by atoms with E-state index >= 15 is 0 Å². The Morgan fingerprint density at radius 3 is 2.76 bits per heavy atom. The second kappa shape index (κ2) is 7.76. The Labute approximate surface area is 147 Å². The van der Waals surface area contributed by atoms with Crippen LogP contribution in [-0.2, 0) is 6.54 Å². The van der Waals surface area contributed by atoms with Crippen LogP contribution in [0.25, 0.3) is 0 Å². The maximum Gasteiger partial charge on any atom is 0.306 e. The second-order valence-corrected chi connectivity index (χ2v) is 6.87. The lowest BCUT2D eigenvalue weighted by molar-refractivity contribution is -0.385. The number of rotatable bonds is 6. The minimum absolute atomic E-state index is 0.0514. The lowest BCUT2D eigenvalue weighted by Crippen LogP contribution is -2.43. The average Bonchev–Trinajstić information content (AvgIpc) is 3.04. The van der Waals surface area contributed by atoms with E-state index in [0.717, 1.165) is 19.5 Å². The quantitative estimate of drug-likeness (QED) is 0.642. The molecular weight excluding hydrogens is 320 g/mol. The van der Waals surface area contributed by atoms with E-state index in [9.17, 15) is 15.2 Å². The third kappa shape index (κ3) is 4.43. The first kappa shape index (κ1) is 17.6. The summed E-state index contributed by atoms with van der Waals surface area (Å²) >= 11 is 0. The Kier molecular flexibility index (Phi) is 5.45. The van der Waals surface area contributed by atoms with Crippen LogP contribution in [0.2, 0.25) is 0 Å². The van der Waals surface area contributed by atoms with Crippen LogP contribution in [0, 0.1) is 16.0 Å². The number of β-amino-alcohol motifs (C(OH)–C–C–N with tert-alkyl or cyclic N) is 1. The molecule has 1 aliphatic rings. The molecule has 7 nitrogen and oxygen atoms in total. The Balaban J connectivity index is 1.51. The molecule has 1 aromatic carbocycles. The van der Waals surface area contributed by atoms with Crippen molar-refractivity contribution in [2.24, 2.45) is 5.92 Å². The molecule has 134 valence electrons. The van der Waals surface area contributed by atoms with Crippen LogP contribution >= 0.6 is 0 Å². The number of hydrogen-bond donors (Lipinski definition) is 1. The van der Waals surface area contributed by atoms with E-state index in [1.165, 1.54) is 22.6 Å². The molecule has 3 rings (SSSR count). The van der Waals surface area contributed by atoms with Crippen molar-refractivity contribution in [3.8, 4) is 0 Å². The van der Waals surface area contributed by atoms with Crippen molar-refractivity contribution in [2.75, 3.05) is 19.6 Å². The first-order chi connectivity index (χ1) is 12.0. The summed E-state index contributed by atoms with van der Waals surface area (Å²) in [5, 5.41) is 24.9. The highest BCUT2D eigenvalue weighted by Gasteiger charge is 2.28. The molecule has 0 amide bonds. The Morgan fingerprint density at radius 1 is 1.36 bits per heavy atom. The van der Waals surface area contributed by atoms with Crippen LogP contribution in [0.15, 0.2) is 42.7 Å². The molecule has 1 fully saturated rings. The van der Waals surface area contributed by atoms with Crippen LogP contribution in [-0.4, -0.2) is 50.4 Å². The smallest absolute Gasteiger partial charge is 0.306 e. The molecule has 0 bridgehead atoms. The molecule has 2 heterocycles. The molecule has 25 heavy (non-hydrogen) atoms. The fourth-order valence-corrected chi connectivity index (χ4v) is 3.71. The molecule has 3 atom stereocenters. The van der Waals surface area contributed by atoms with Gasteiger partial charge in [0.15, 0.2) is 0 Å². The predicted molar refractivity (Wildman–Crippen MR) is 94.3 cm³/mol. The Bertz CT molecular complexity index is 703. The van der Waals surface area contributed by atoms with Gasteiger partial charge in [-0.1, -0.05) is 37.3 Å². The predicted octanol–water partition coefficient (Wildman–Crippen LogP) is 2.28. The number of aliphatic hydroxyl groups excluding tert-OH is 1. The maximum atomic E-state index is 10.7. The summed E-state index contributed by atoms with van der Waals surface area (Å²) in [7, 11) is 0. The van der Waals surface area contributed by atoms with Gasteiger partial charge in [0.05, 0.1) is 17.6 Å². The average molecular weight is 344 g/mol. The summed E-state index contributed by atoms with van der Waals surface area (Å²) in [5.74, 6) is 1.08. The monoisotopic (exact) mass is 344 g/mol. The van der Waals surface area contributed by atoms with E-state index in [1.54, 1.807) is 0 Å². The Hall–Kier alpha value is -2.25. The zero-order valence-electron chi connectivity index (χ0n) is 14.4. The fourth-order valence-electron chi connectivity index (χ4n) is 3.71. The standard InChI is InChI=1S/C18H24N4O3/c1-14-10-20(8-7-18(14)15-5-3-2-4-6-15)12-17(23)13-21-11-16(9-19-21)22(24)25/h2-6,9,11,14,17-18,23H,7-8,10,12-13H2,1H3. The van der Waals surface area contributed by atoms with Crippen molar-refractivity contribution in [3.63, 3.8) is 0 Å². The van der Waals surface area contributed by atoms with Crippen LogP contribution in [0.1, 0.15) is 24.8 Å². The van der Waals surface area contributed by atoms with E-state index in [1.807, 2.05) is 6.07 Å². The summed E-state index contributed by atoms with van der Waals surface area (Å²) in [4.78, 5) is 12.5. The summed E-state index contributed by atoms with van der Waals surface area (Å²) < 4.78 is 1.43. The SMILES string of the molecule is CC1CN(CC(O)Cn2cc([N+](=O)[O-])cn2)CCC1c1ccccc1. The van der Waals surface area contributed by atoms with Gasteiger partial charge in [-0.05, 0) is 30.4 Å². The number of likely N-dealkylation sites (tertiary alicyclic amines) is 1. The molecule has 7 heteroatoms. The lowest BCUT2D eigenvalue weighted by Gasteiger charge is -2.38. The molecule has 1 N–H and O–H groups in total. The van der Waals surface area contributed by atoms with Gasteiger partial charge in [0.2, 0.25) is 0 Å². The molecule has 2 aromatic rings. The zero-order valence-corrected chi connectivity index (χ0v) is 14.4.